The number of tetrazole rings is 1. The van der Waals surface area contributed by atoms with Gasteiger partial charge in [-0.25, -0.2) is 4.68 Å². The van der Waals surface area contributed by atoms with Crippen molar-refractivity contribution >= 4 is 10.9 Å². The van der Waals surface area contributed by atoms with Crippen LogP contribution in [0.1, 0.15) is 60.3 Å². The molecule has 1 N–H and O–H groups in total. The van der Waals surface area contributed by atoms with E-state index in [9.17, 15) is 4.79 Å². The number of hydrogen-bond acceptors (Lipinski definition) is 6. The first kappa shape index (κ1) is 24.3. The fourth-order valence-corrected chi connectivity index (χ4v) is 5.33. The van der Waals surface area contributed by atoms with E-state index in [2.05, 4.69) is 63.5 Å². The van der Waals surface area contributed by atoms with Crippen LogP contribution >= 0.6 is 0 Å². The lowest BCUT2D eigenvalue weighted by Crippen LogP contribution is -2.33. The second kappa shape index (κ2) is 10.7. The zero-order valence-electron chi connectivity index (χ0n) is 21.3. The zero-order valence-corrected chi connectivity index (χ0v) is 21.3. The highest BCUT2D eigenvalue weighted by atomic mass is 16.5. The molecule has 0 bridgehead atoms. The largest absolute Gasteiger partial charge is 0.376 e. The normalized spacial score (nSPS) is 16.7. The SMILES string of the molecule is CC[C@@H](c1nnnn1C[C@H]1CCCO1)N(Cc1ccccc1)Cc1cc2cc(C)cc(C)c2[nH]c1=O. The van der Waals surface area contributed by atoms with Crippen molar-refractivity contribution in [2.45, 2.75) is 71.8 Å². The number of nitrogens with zero attached hydrogens (tertiary/aromatic N) is 5. The van der Waals surface area contributed by atoms with Crippen molar-refractivity contribution in [1.82, 2.24) is 30.1 Å². The molecule has 188 valence electrons. The van der Waals surface area contributed by atoms with Crippen LogP contribution in [0.3, 0.4) is 0 Å². The molecule has 1 saturated heterocycles. The smallest absolute Gasteiger partial charge is 0.252 e. The van der Waals surface area contributed by atoms with E-state index < -0.39 is 0 Å². The Kier molecular flexibility index (Phi) is 7.25. The first-order valence-corrected chi connectivity index (χ1v) is 12.8. The highest BCUT2D eigenvalue weighted by Gasteiger charge is 2.28. The van der Waals surface area contributed by atoms with E-state index >= 15 is 0 Å². The average Bonchev–Trinajstić information content (AvgIpc) is 3.54. The molecule has 0 saturated carbocycles. The lowest BCUT2D eigenvalue weighted by atomic mass is 10.0. The minimum absolute atomic E-state index is 0.0543. The zero-order chi connectivity index (χ0) is 25.1. The van der Waals surface area contributed by atoms with Crippen LogP contribution in [0.15, 0.2) is 53.3 Å². The number of aryl methyl sites for hydroxylation is 2. The van der Waals surface area contributed by atoms with Gasteiger partial charge in [-0.15, -0.1) is 5.10 Å². The third-order valence-electron chi connectivity index (χ3n) is 7.06. The molecule has 0 unspecified atom stereocenters. The number of ether oxygens (including phenoxy) is 1. The van der Waals surface area contributed by atoms with E-state index in [1.165, 1.54) is 11.1 Å². The molecular weight excluding hydrogens is 452 g/mol. The van der Waals surface area contributed by atoms with Crippen molar-refractivity contribution in [3.63, 3.8) is 0 Å². The Labute approximate surface area is 211 Å². The summed E-state index contributed by atoms with van der Waals surface area (Å²) in [6, 6.07) is 16.5. The summed E-state index contributed by atoms with van der Waals surface area (Å²) in [6.45, 7) is 8.86. The van der Waals surface area contributed by atoms with E-state index in [1.54, 1.807) is 0 Å². The molecule has 36 heavy (non-hydrogen) atoms. The molecule has 1 fully saturated rings. The standard InChI is InChI=1S/C28H34N6O2/c1-4-25(27-30-31-32-34(27)18-24-11-8-12-36-24)33(16-21-9-6-5-7-10-21)17-23-15-22-14-19(2)13-20(3)26(22)29-28(23)35/h5-7,9-10,13-15,24-25H,4,8,11-12,16-18H2,1-3H3,(H,29,35)/t24-,25+/m1/s1. The highest BCUT2D eigenvalue weighted by Crippen LogP contribution is 2.28. The minimum Gasteiger partial charge on any atom is -0.376 e. The van der Waals surface area contributed by atoms with Crippen molar-refractivity contribution in [2.75, 3.05) is 6.61 Å². The molecule has 0 amide bonds. The number of benzene rings is 2. The van der Waals surface area contributed by atoms with Crippen molar-refractivity contribution in [3.8, 4) is 0 Å². The summed E-state index contributed by atoms with van der Waals surface area (Å²) in [7, 11) is 0. The Morgan fingerprint density at radius 2 is 2.00 bits per heavy atom. The van der Waals surface area contributed by atoms with Crippen LogP contribution in [0.4, 0.5) is 0 Å². The van der Waals surface area contributed by atoms with Crippen molar-refractivity contribution in [2.24, 2.45) is 0 Å². The Balaban J connectivity index is 1.51. The monoisotopic (exact) mass is 486 g/mol. The molecule has 3 heterocycles. The van der Waals surface area contributed by atoms with Gasteiger partial charge in [-0.2, -0.15) is 0 Å². The van der Waals surface area contributed by atoms with Crippen LogP contribution in [0.5, 0.6) is 0 Å². The Hall–Kier alpha value is -3.36. The molecule has 4 aromatic rings. The predicted octanol–water partition coefficient (Wildman–Crippen LogP) is 4.46. The van der Waals surface area contributed by atoms with Gasteiger partial charge in [-0.05, 0) is 72.2 Å². The molecule has 0 radical (unpaired) electrons. The van der Waals surface area contributed by atoms with Crippen LogP contribution in [0.2, 0.25) is 0 Å². The number of fused-ring (bicyclic) bond motifs is 1. The summed E-state index contributed by atoms with van der Waals surface area (Å²) in [5.41, 5.74) is 5.02. The molecule has 1 aliphatic rings. The van der Waals surface area contributed by atoms with Gasteiger partial charge >= 0.3 is 0 Å². The average molecular weight is 487 g/mol. The number of nitrogens with one attached hydrogen (secondary N) is 1. The van der Waals surface area contributed by atoms with Gasteiger partial charge in [0.15, 0.2) is 5.82 Å². The Morgan fingerprint density at radius 3 is 2.75 bits per heavy atom. The third kappa shape index (κ3) is 5.24. The fraction of sp³-hybridized carbons (Fsp3) is 0.429. The van der Waals surface area contributed by atoms with Crippen LogP contribution < -0.4 is 5.56 Å². The minimum atomic E-state index is -0.0593. The summed E-state index contributed by atoms with van der Waals surface area (Å²) >= 11 is 0. The van der Waals surface area contributed by atoms with E-state index in [0.717, 1.165) is 53.7 Å². The number of rotatable bonds is 9. The summed E-state index contributed by atoms with van der Waals surface area (Å²) in [6.07, 6.45) is 3.04. The van der Waals surface area contributed by atoms with E-state index in [-0.39, 0.29) is 17.7 Å². The van der Waals surface area contributed by atoms with Gasteiger partial charge in [-0.3, -0.25) is 9.69 Å². The van der Waals surface area contributed by atoms with Gasteiger partial charge in [0.25, 0.3) is 5.56 Å². The van der Waals surface area contributed by atoms with Crippen molar-refractivity contribution in [1.29, 1.82) is 0 Å². The van der Waals surface area contributed by atoms with E-state index in [4.69, 9.17) is 4.74 Å². The molecule has 5 rings (SSSR count). The Morgan fingerprint density at radius 1 is 1.17 bits per heavy atom. The van der Waals surface area contributed by atoms with Crippen molar-refractivity contribution < 1.29 is 4.74 Å². The van der Waals surface area contributed by atoms with Crippen LogP contribution in [0, 0.1) is 13.8 Å². The molecule has 2 aromatic carbocycles. The molecule has 2 atom stereocenters. The van der Waals surface area contributed by atoms with Crippen LogP contribution in [-0.2, 0) is 24.4 Å². The first-order valence-electron chi connectivity index (χ1n) is 12.8. The van der Waals surface area contributed by atoms with Gasteiger partial charge in [0, 0.05) is 25.3 Å². The quantitative estimate of drug-likeness (QED) is 0.376. The Bertz CT molecular complexity index is 1370. The lowest BCUT2D eigenvalue weighted by Gasteiger charge is -2.30. The van der Waals surface area contributed by atoms with E-state index in [0.29, 0.717) is 19.6 Å². The van der Waals surface area contributed by atoms with Crippen molar-refractivity contribution in [3.05, 3.63) is 87.0 Å². The highest BCUT2D eigenvalue weighted by molar-refractivity contribution is 5.82. The molecule has 8 heteroatoms. The maximum Gasteiger partial charge on any atom is 0.252 e. The second-order valence-electron chi connectivity index (χ2n) is 9.84. The fourth-order valence-electron chi connectivity index (χ4n) is 5.33. The van der Waals surface area contributed by atoms with Gasteiger partial charge < -0.3 is 9.72 Å². The molecule has 0 spiro atoms. The summed E-state index contributed by atoms with van der Waals surface area (Å²) in [5, 5.41) is 13.8. The summed E-state index contributed by atoms with van der Waals surface area (Å²) in [5.74, 6) is 0.813. The maximum atomic E-state index is 13.2. The number of pyridine rings is 1. The van der Waals surface area contributed by atoms with Gasteiger partial charge in [0.1, 0.15) is 0 Å². The molecule has 8 nitrogen and oxygen atoms in total. The summed E-state index contributed by atoms with van der Waals surface area (Å²) in [4.78, 5) is 18.7. The van der Waals surface area contributed by atoms with E-state index in [1.807, 2.05) is 35.9 Å². The number of aromatic nitrogens is 5. The van der Waals surface area contributed by atoms with Gasteiger partial charge in [0.05, 0.1) is 24.2 Å². The topological polar surface area (TPSA) is 88.9 Å². The molecule has 1 aliphatic heterocycles. The molecule has 0 aliphatic carbocycles. The van der Waals surface area contributed by atoms with Crippen LogP contribution in [0.25, 0.3) is 10.9 Å². The number of H-pyrrole nitrogens is 1. The molecular formula is C28H34N6O2. The van der Waals surface area contributed by atoms with Gasteiger partial charge in [-0.1, -0.05) is 48.9 Å². The van der Waals surface area contributed by atoms with Gasteiger partial charge in [0.2, 0.25) is 0 Å². The third-order valence-corrected chi connectivity index (χ3v) is 7.06. The second-order valence-corrected chi connectivity index (χ2v) is 9.84. The lowest BCUT2D eigenvalue weighted by molar-refractivity contribution is 0.0888. The first-order chi connectivity index (χ1) is 17.5. The maximum absolute atomic E-state index is 13.2. The number of aromatic amines is 1. The molecule has 2 aromatic heterocycles. The summed E-state index contributed by atoms with van der Waals surface area (Å²) < 4.78 is 7.74. The predicted molar refractivity (Wildman–Crippen MR) is 140 cm³/mol. The van der Waals surface area contributed by atoms with Crippen LogP contribution in [-0.4, -0.2) is 42.8 Å². The number of hydrogen-bond donors (Lipinski definition) is 1.